The number of benzene rings is 2. The summed E-state index contributed by atoms with van der Waals surface area (Å²) in [5, 5.41) is 0.761. The summed E-state index contributed by atoms with van der Waals surface area (Å²) in [7, 11) is 0. The van der Waals surface area contributed by atoms with Crippen LogP contribution in [0.15, 0.2) is 48.7 Å². The summed E-state index contributed by atoms with van der Waals surface area (Å²) >= 11 is 0. The molecule has 1 heterocycles. The van der Waals surface area contributed by atoms with Crippen molar-refractivity contribution >= 4 is 16.8 Å². The van der Waals surface area contributed by atoms with Gasteiger partial charge in [0, 0.05) is 23.6 Å². The summed E-state index contributed by atoms with van der Waals surface area (Å²) in [6, 6.07) is 10.7. The Morgan fingerprint density at radius 2 is 1.77 bits per heavy atom. The molecule has 6 heteroatoms. The van der Waals surface area contributed by atoms with E-state index >= 15 is 0 Å². The SMILES string of the molecule is CC1CCC1.CCn1cc(C(N)=O)c2c(Cc3ccc(C(F)(F)F)cc3)cccc21. The molecule has 1 aromatic heterocycles. The highest BCUT2D eigenvalue weighted by atomic mass is 19.4. The highest BCUT2D eigenvalue weighted by Gasteiger charge is 2.30. The number of aromatic nitrogens is 1. The first-order valence-electron chi connectivity index (χ1n) is 10.3. The molecule has 0 atom stereocenters. The number of hydrogen-bond acceptors (Lipinski definition) is 1. The van der Waals surface area contributed by atoms with Crippen LogP contribution in [-0.2, 0) is 19.1 Å². The lowest BCUT2D eigenvalue weighted by molar-refractivity contribution is -0.137. The minimum Gasteiger partial charge on any atom is -0.366 e. The van der Waals surface area contributed by atoms with Crippen molar-refractivity contribution in [2.75, 3.05) is 0 Å². The number of carbonyl (C=O) groups is 1. The van der Waals surface area contributed by atoms with Gasteiger partial charge < -0.3 is 10.3 Å². The molecule has 0 radical (unpaired) electrons. The molecule has 0 spiro atoms. The van der Waals surface area contributed by atoms with E-state index in [-0.39, 0.29) is 0 Å². The number of nitrogens with zero attached hydrogens (tertiary/aromatic N) is 1. The van der Waals surface area contributed by atoms with E-state index in [2.05, 4.69) is 6.92 Å². The van der Waals surface area contributed by atoms with Gasteiger partial charge in [-0.3, -0.25) is 4.79 Å². The molecule has 4 rings (SSSR count). The minimum atomic E-state index is -4.35. The first-order chi connectivity index (χ1) is 14.2. The molecule has 3 nitrogen and oxygen atoms in total. The number of amides is 1. The van der Waals surface area contributed by atoms with Crippen molar-refractivity contribution in [3.8, 4) is 0 Å². The van der Waals surface area contributed by atoms with Crippen LogP contribution in [0.1, 0.15) is 60.2 Å². The number of fused-ring (bicyclic) bond motifs is 1. The molecule has 0 bridgehead atoms. The first kappa shape index (κ1) is 21.9. The van der Waals surface area contributed by atoms with E-state index < -0.39 is 17.6 Å². The lowest BCUT2D eigenvalue weighted by Gasteiger charge is -2.18. The van der Waals surface area contributed by atoms with Crippen molar-refractivity contribution in [1.82, 2.24) is 4.57 Å². The van der Waals surface area contributed by atoms with Crippen molar-refractivity contribution in [1.29, 1.82) is 0 Å². The van der Waals surface area contributed by atoms with Crippen LogP contribution in [0.25, 0.3) is 10.9 Å². The van der Waals surface area contributed by atoms with Gasteiger partial charge in [0.05, 0.1) is 11.1 Å². The van der Waals surface area contributed by atoms with Gasteiger partial charge in [0.2, 0.25) is 0 Å². The zero-order valence-electron chi connectivity index (χ0n) is 17.3. The smallest absolute Gasteiger partial charge is 0.366 e. The van der Waals surface area contributed by atoms with Crippen molar-refractivity contribution in [3.63, 3.8) is 0 Å². The highest BCUT2D eigenvalue weighted by Crippen LogP contribution is 2.31. The predicted octanol–water partition coefficient (Wildman–Crippen LogP) is 6.18. The first-order valence-corrected chi connectivity index (χ1v) is 10.3. The van der Waals surface area contributed by atoms with E-state index in [0.29, 0.717) is 18.5 Å². The van der Waals surface area contributed by atoms with Gasteiger partial charge in [0.25, 0.3) is 5.91 Å². The summed E-state index contributed by atoms with van der Waals surface area (Å²) in [6.07, 6.45) is 2.25. The lowest BCUT2D eigenvalue weighted by atomic mass is 9.88. The van der Waals surface area contributed by atoms with Gasteiger partial charge in [-0.05, 0) is 48.6 Å². The van der Waals surface area contributed by atoms with Crippen molar-refractivity contribution in [3.05, 3.63) is 70.9 Å². The molecule has 3 aromatic rings. The highest BCUT2D eigenvalue weighted by molar-refractivity contribution is 6.07. The molecule has 1 aliphatic rings. The second-order valence-corrected chi connectivity index (χ2v) is 7.91. The Hall–Kier alpha value is -2.76. The normalized spacial score (nSPS) is 14.2. The third-order valence-corrected chi connectivity index (χ3v) is 5.67. The van der Waals surface area contributed by atoms with E-state index in [0.717, 1.165) is 40.1 Å². The molecule has 1 amide bonds. The Labute approximate surface area is 174 Å². The minimum absolute atomic E-state index is 0.420. The largest absolute Gasteiger partial charge is 0.416 e. The lowest BCUT2D eigenvalue weighted by Crippen LogP contribution is -2.10. The molecule has 1 saturated carbocycles. The van der Waals surface area contributed by atoms with Gasteiger partial charge >= 0.3 is 6.18 Å². The zero-order chi connectivity index (χ0) is 21.9. The molecular formula is C24H27F3N2O. The number of halogens is 3. The molecule has 0 saturated heterocycles. The van der Waals surface area contributed by atoms with Gasteiger partial charge in [0.1, 0.15) is 0 Å². The number of hydrogen-bond donors (Lipinski definition) is 1. The Kier molecular flexibility index (Phi) is 6.54. The number of nitrogens with two attached hydrogens (primary N) is 1. The van der Waals surface area contributed by atoms with E-state index in [1.165, 1.54) is 31.4 Å². The maximum atomic E-state index is 12.7. The second-order valence-electron chi connectivity index (χ2n) is 7.91. The fourth-order valence-electron chi connectivity index (χ4n) is 3.67. The predicted molar refractivity (Wildman–Crippen MR) is 113 cm³/mol. The van der Waals surface area contributed by atoms with E-state index in [4.69, 9.17) is 5.73 Å². The van der Waals surface area contributed by atoms with Crippen LogP contribution in [0, 0.1) is 5.92 Å². The fourth-order valence-corrected chi connectivity index (χ4v) is 3.67. The zero-order valence-corrected chi connectivity index (χ0v) is 17.3. The molecule has 0 aliphatic heterocycles. The van der Waals surface area contributed by atoms with Crippen LogP contribution in [0.4, 0.5) is 13.2 Å². The van der Waals surface area contributed by atoms with Crippen molar-refractivity contribution in [2.24, 2.45) is 11.7 Å². The summed E-state index contributed by atoms with van der Waals surface area (Å²) in [5.74, 6) is 0.548. The number of aryl methyl sites for hydroxylation is 1. The van der Waals surface area contributed by atoms with Gasteiger partial charge in [-0.15, -0.1) is 0 Å². The van der Waals surface area contributed by atoms with Crippen LogP contribution < -0.4 is 5.73 Å². The van der Waals surface area contributed by atoms with Crippen molar-refractivity contribution < 1.29 is 18.0 Å². The van der Waals surface area contributed by atoms with Gasteiger partial charge in [-0.1, -0.05) is 50.5 Å². The third-order valence-electron chi connectivity index (χ3n) is 5.67. The van der Waals surface area contributed by atoms with Gasteiger partial charge in [-0.25, -0.2) is 0 Å². The Balaban J connectivity index is 0.000000448. The number of rotatable bonds is 4. The molecule has 1 aliphatic carbocycles. The summed E-state index contributed by atoms with van der Waals surface area (Å²) in [4.78, 5) is 11.8. The topological polar surface area (TPSA) is 48.0 Å². The van der Waals surface area contributed by atoms with Crippen LogP contribution >= 0.6 is 0 Å². The van der Waals surface area contributed by atoms with E-state index in [1.54, 1.807) is 6.20 Å². The second kappa shape index (κ2) is 8.94. The quantitative estimate of drug-likeness (QED) is 0.543. The third kappa shape index (κ3) is 4.86. The maximum absolute atomic E-state index is 12.7. The van der Waals surface area contributed by atoms with Crippen LogP contribution in [-0.4, -0.2) is 10.5 Å². The number of carbonyl (C=O) groups excluding carboxylic acids is 1. The molecule has 2 N–H and O–H groups in total. The molecule has 30 heavy (non-hydrogen) atoms. The van der Waals surface area contributed by atoms with Crippen LogP contribution in [0.5, 0.6) is 0 Å². The standard InChI is InChI=1S/C19H17F3N2O.C5H10/c1-2-24-11-15(18(23)25)17-13(4-3-5-16(17)24)10-12-6-8-14(9-7-12)19(20,21)22;1-5-3-2-4-5/h3-9,11H,2,10H2,1H3,(H2,23,25);5H,2-4H2,1H3. The summed E-state index contributed by atoms with van der Waals surface area (Å²) < 4.78 is 40.0. The number of alkyl halides is 3. The van der Waals surface area contributed by atoms with Gasteiger partial charge in [-0.2, -0.15) is 13.2 Å². The summed E-state index contributed by atoms with van der Waals surface area (Å²) in [6.45, 7) is 4.96. The molecule has 0 unspecified atom stereocenters. The summed E-state index contributed by atoms with van der Waals surface area (Å²) in [5.41, 5.74) is 7.74. The monoisotopic (exact) mass is 416 g/mol. The van der Waals surface area contributed by atoms with E-state index in [9.17, 15) is 18.0 Å². The van der Waals surface area contributed by atoms with Crippen LogP contribution in [0.2, 0.25) is 0 Å². The Morgan fingerprint density at radius 3 is 2.23 bits per heavy atom. The van der Waals surface area contributed by atoms with Gasteiger partial charge in [0.15, 0.2) is 0 Å². The van der Waals surface area contributed by atoms with Crippen molar-refractivity contribution in [2.45, 2.75) is 52.3 Å². The van der Waals surface area contributed by atoms with Crippen LogP contribution in [0.3, 0.4) is 0 Å². The average molecular weight is 416 g/mol. The molecule has 2 aromatic carbocycles. The fraction of sp³-hybridized carbons (Fsp3) is 0.375. The number of primary amides is 1. The Morgan fingerprint density at radius 1 is 1.13 bits per heavy atom. The molecule has 160 valence electrons. The molecule has 1 fully saturated rings. The maximum Gasteiger partial charge on any atom is 0.416 e. The molecular weight excluding hydrogens is 389 g/mol. The Bertz CT molecular complexity index is 1020. The average Bonchev–Trinajstić information content (AvgIpc) is 3.07. The van der Waals surface area contributed by atoms with E-state index in [1.807, 2.05) is 29.7 Å².